The molecular formula is C12H18N2O. The van der Waals surface area contributed by atoms with E-state index < -0.39 is 0 Å². The Morgan fingerprint density at radius 2 is 2.13 bits per heavy atom. The molecule has 3 heteroatoms. The number of hydrogen-bond acceptors (Lipinski definition) is 2. The van der Waals surface area contributed by atoms with Gasteiger partial charge in [-0.25, -0.2) is 0 Å². The standard InChI is InChI=1S/C12H18N2O/c1-3-6-13-9-11(2)10-14-7-4-12(15)5-8-14/h4-5,7-8,13H,2-3,6,9-10H2,1H3. The van der Waals surface area contributed by atoms with Crippen LogP contribution in [-0.2, 0) is 6.54 Å². The molecule has 15 heavy (non-hydrogen) atoms. The zero-order valence-electron chi connectivity index (χ0n) is 9.20. The van der Waals surface area contributed by atoms with Crippen molar-refractivity contribution in [2.45, 2.75) is 19.9 Å². The van der Waals surface area contributed by atoms with Crippen molar-refractivity contribution in [3.05, 3.63) is 46.9 Å². The average Bonchev–Trinajstić information content (AvgIpc) is 2.22. The number of aromatic nitrogens is 1. The van der Waals surface area contributed by atoms with Crippen LogP contribution in [0.2, 0.25) is 0 Å². The Morgan fingerprint density at radius 3 is 2.73 bits per heavy atom. The van der Waals surface area contributed by atoms with Crippen LogP contribution >= 0.6 is 0 Å². The number of nitrogens with zero attached hydrogens (tertiary/aromatic N) is 1. The molecule has 0 fully saturated rings. The summed E-state index contributed by atoms with van der Waals surface area (Å²) in [6.07, 6.45) is 4.70. The lowest BCUT2D eigenvalue weighted by atomic mass is 10.3. The molecule has 0 aliphatic heterocycles. The SMILES string of the molecule is C=C(CNCCC)Cn1ccc(=O)cc1. The number of pyridine rings is 1. The van der Waals surface area contributed by atoms with Gasteiger partial charge in [-0.1, -0.05) is 13.5 Å². The second-order valence-electron chi connectivity index (χ2n) is 3.63. The van der Waals surface area contributed by atoms with Gasteiger partial charge in [-0.15, -0.1) is 0 Å². The molecule has 1 aromatic heterocycles. The van der Waals surface area contributed by atoms with Gasteiger partial charge in [0.25, 0.3) is 0 Å². The summed E-state index contributed by atoms with van der Waals surface area (Å²) in [6, 6.07) is 3.12. The first-order valence-corrected chi connectivity index (χ1v) is 5.26. The molecule has 1 heterocycles. The largest absolute Gasteiger partial charge is 0.350 e. The molecule has 0 aromatic carbocycles. The molecule has 1 aromatic rings. The molecule has 0 bridgehead atoms. The summed E-state index contributed by atoms with van der Waals surface area (Å²) in [4.78, 5) is 10.9. The van der Waals surface area contributed by atoms with E-state index in [2.05, 4.69) is 18.8 Å². The summed E-state index contributed by atoms with van der Waals surface area (Å²) >= 11 is 0. The Hall–Kier alpha value is -1.35. The summed E-state index contributed by atoms with van der Waals surface area (Å²) in [5.74, 6) is 0. The smallest absolute Gasteiger partial charge is 0.181 e. The van der Waals surface area contributed by atoms with Crippen molar-refractivity contribution >= 4 is 0 Å². The highest BCUT2D eigenvalue weighted by molar-refractivity contribution is 5.01. The third-order valence-electron chi connectivity index (χ3n) is 2.07. The molecule has 82 valence electrons. The van der Waals surface area contributed by atoms with Crippen molar-refractivity contribution in [3.8, 4) is 0 Å². The maximum absolute atomic E-state index is 10.9. The maximum Gasteiger partial charge on any atom is 0.181 e. The van der Waals surface area contributed by atoms with Crippen LogP contribution in [0.1, 0.15) is 13.3 Å². The predicted octanol–water partition coefficient (Wildman–Crippen LogP) is 1.40. The Morgan fingerprint density at radius 1 is 1.47 bits per heavy atom. The van der Waals surface area contributed by atoms with Crippen LogP contribution in [0.25, 0.3) is 0 Å². The zero-order chi connectivity index (χ0) is 11.1. The van der Waals surface area contributed by atoms with Crippen LogP contribution in [-0.4, -0.2) is 17.7 Å². The normalized spacial score (nSPS) is 10.2. The summed E-state index contributed by atoms with van der Waals surface area (Å²) in [7, 11) is 0. The van der Waals surface area contributed by atoms with Crippen molar-refractivity contribution in [1.29, 1.82) is 0 Å². The van der Waals surface area contributed by atoms with E-state index in [1.54, 1.807) is 24.5 Å². The number of rotatable bonds is 6. The molecule has 0 amide bonds. The van der Waals surface area contributed by atoms with E-state index in [0.29, 0.717) is 0 Å². The van der Waals surface area contributed by atoms with Crippen molar-refractivity contribution in [1.82, 2.24) is 9.88 Å². The fourth-order valence-corrected chi connectivity index (χ4v) is 1.31. The van der Waals surface area contributed by atoms with Gasteiger partial charge in [0.1, 0.15) is 0 Å². The highest BCUT2D eigenvalue weighted by atomic mass is 16.1. The van der Waals surface area contributed by atoms with Crippen LogP contribution in [0, 0.1) is 0 Å². The first-order valence-electron chi connectivity index (χ1n) is 5.26. The Balaban J connectivity index is 2.37. The van der Waals surface area contributed by atoms with E-state index in [-0.39, 0.29) is 5.43 Å². The Bertz CT molecular complexity index is 348. The minimum Gasteiger partial charge on any atom is -0.350 e. The maximum atomic E-state index is 10.9. The molecule has 0 radical (unpaired) electrons. The molecular weight excluding hydrogens is 188 g/mol. The van der Waals surface area contributed by atoms with Crippen LogP contribution in [0.4, 0.5) is 0 Å². The van der Waals surface area contributed by atoms with Gasteiger partial charge in [-0.2, -0.15) is 0 Å². The molecule has 0 spiro atoms. The Kier molecular flexibility index (Phi) is 4.84. The number of nitrogens with one attached hydrogen (secondary N) is 1. The van der Waals surface area contributed by atoms with E-state index in [0.717, 1.165) is 31.6 Å². The van der Waals surface area contributed by atoms with Crippen LogP contribution in [0.3, 0.4) is 0 Å². The number of hydrogen-bond donors (Lipinski definition) is 1. The van der Waals surface area contributed by atoms with Gasteiger partial charge < -0.3 is 9.88 Å². The molecule has 0 saturated carbocycles. The molecule has 0 aliphatic rings. The summed E-state index contributed by atoms with van der Waals surface area (Å²) < 4.78 is 1.96. The van der Waals surface area contributed by atoms with Crippen LogP contribution in [0.15, 0.2) is 41.5 Å². The first kappa shape index (κ1) is 11.7. The molecule has 0 saturated heterocycles. The van der Waals surface area contributed by atoms with Crippen molar-refractivity contribution < 1.29 is 0 Å². The highest BCUT2D eigenvalue weighted by Gasteiger charge is 1.94. The van der Waals surface area contributed by atoms with Gasteiger partial charge >= 0.3 is 0 Å². The van der Waals surface area contributed by atoms with Crippen molar-refractivity contribution in [3.63, 3.8) is 0 Å². The predicted molar refractivity (Wildman–Crippen MR) is 63.0 cm³/mol. The third-order valence-corrected chi connectivity index (χ3v) is 2.07. The van der Waals surface area contributed by atoms with E-state index in [4.69, 9.17) is 0 Å². The summed E-state index contributed by atoms with van der Waals surface area (Å²) in [5, 5.41) is 3.29. The van der Waals surface area contributed by atoms with E-state index in [1.807, 2.05) is 4.57 Å². The van der Waals surface area contributed by atoms with Gasteiger partial charge in [0.2, 0.25) is 0 Å². The first-order chi connectivity index (χ1) is 7.22. The van der Waals surface area contributed by atoms with E-state index in [9.17, 15) is 4.79 Å². The van der Waals surface area contributed by atoms with E-state index >= 15 is 0 Å². The van der Waals surface area contributed by atoms with Gasteiger partial charge in [0.15, 0.2) is 5.43 Å². The quantitative estimate of drug-likeness (QED) is 0.564. The fraction of sp³-hybridized carbons (Fsp3) is 0.417. The minimum atomic E-state index is 0.0426. The molecule has 0 aliphatic carbocycles. The van der Waals surface area contributed by atoms with Crippen molar-refractivity contribution in [2.24, 2.45) is 0 Å². The molecule has 0 atom stereocenters. The highest BCUT2D eigenvalue weighted by Crippen LogP contribution is 1.94. The van der Waals surface area contributed by atoms with Gasteiger partial charge in [0, 0.05) is 37.6 Å². The average molecular weight is 206 g/mol. The minimum absolute atomic E-state index is 0.0426. The lowest BCUT2D eigenvalue weighted by Gasteiger charge is -2.09. The van der Waals surface area contributed by atoms with Crippen molar-refractivity contribution in [2.75, 3.05) is 13.1 Å². The second kappa shape index (κ2) is 6.19. The molecule has 1 rings (SSSR count). The van der Waals surface area contributed by atoms with Gasteiger partial charge in [-0.3, -0.25) is 4.79 Å². The summed E-state index contributed by atoms with van der Waals surface area (Å²) in [6.45, 7) is 8.73. The monoisotopic (exact) mass is 206 g/mol. The van der Waals surface area contributed by atoms with Crippen LogP contribution in [0.5, 0.6) is 0 Å². The topological polar surface area (TPSA) is 34.0 Å². The molecule has 0 unspecified atom stereocenters. The lowest BCUT2D eigenvalue weighted by Crippen LogP contribution is -2.19. The molecule has 3 nitrogen and oxygen atoms in total. The van der Waals surface area contributed by atoms with Crippen LogP contribution < -0.4 is 10.7 Å². The lowest BCUT2D eigenvalue weighted by molar-refractivity contribution is 0.672. The molecule has 1 N–H and O–H groups in total. The Labute approximate surface area is 90.4 Å². The third kappa shape index (κ3) is 4.61. The zero-order valence-corrected chi connectivity index (χ0v) is 9.20. The fourth-order valence-electron chi connectivity index (χ4n) is 1.31. The summed E-state index contributed by atoms with van der Waals surface area (Å²) in [5.41, 5.74) is 1.16. The van der Waals surface area contributed by atoms with Gasteiger partial charge in [-0.05, 0) is 18.5 Å². The second-order valence-corrected chi connectivity index (χ2v) is 3.63. The van der Waals surface area contributed by atoms with Gasteiger partial charge in [0.05, 0.1) is 0 Å². The van der Waals surface area contributed by atoms with E-state index in [1.165, 1.54) is 0 Å².